The predicted octanol–water partition coefficient (Wildman–Crippen LogP) is 1.88. The third kappa shape index (κ3) is 5.27. The second kappa shape index (κ2) is 7.31. The van der Waals surface area contributed by atoms with E-state index in [1.807, 2.05) is 39.0 Å². The average molecular weight is 294 g/mol. The van der Waals surface area contributed by atoms with Gasteiger partial charge in [0, 0.05) is 5.54 Å². The summed E-state index contributed by atoms with van der Waals surface area (Å²) in [5.74, 6) is 1.03. The summed E-state index contributed by atoms with van der Waals surface area (Å²) in [6.45, 7) is 8.02. The molecule has 0 saturated carbocycles. The standard InChI is InChI=1S/C16H26N2O3/c1-11(15(19)18-16(2,3)4)21-14-12(9-10-17)7-6-8-13(14)20-5/h6-8,11H,9-10,17H2,1-5H3,(H,18,19). The normalized spacial score (nSPS) is 12.7. The van der Waals surface area contributed by atoms with Gasteiger partial charge < -0.3 is 20.5 Å². The number of benzene rings is 1. The van der Waals surface area contributed by atoms with E-state index in [1.54, 1.807) is 14.0 Å². The third-order valence-electron chi connectivity index (χ3n) is 2.86. The molecule has 1 unspecified atom stereocenters. The largest absolute Gasteiger partial charge is 0.493 e. The second-order valence-corrected chi connectivity index (χ2v) is 5.99. The van der Waals surface area contributed by atoms with Crippen LogP contribution in [0.1, 0.15) is 33.3 Å². The van der Waals surface area contributed by atoms with Gasteiger partial charge in [-0.05, 0) is 52.3 Å². The van der Waals surface area contributed by atoms with Gasteiger partial charge in [0.2, 0.25) is 0 Å². The van der Waals surface area contributed by atoms with Crippen molar-refractivity contribution in [3.8, 4) is 11.5 Å². The van der Waals surface area contributed by atoms with Gasteiger partial charge in [0.05, 0.1) is 7.11 Å². The smallest absolute Gasteiger partial charge is 0.261 e. The molecule has 0 radical (unpaired) electrons. The van der Waals surface area contributed by atoms with Crippen molar-refractivity contribution in [2.75, 3.05) is 13.7 Å². The first-order chi connectivity index (χ1) is 9.78. The molecule has 1 aromatic rings. The summed E-state index contributed by atoms with van der Waals surface area (Å²) in [7, 11) is 1.58. The Morgan fingerprint density at radius 2 is 2.05 bits per heavy atom. The lowest BCUT2D eigenvalue weighted by Gasteiger charge is -2.24. The lowest BCUT2D eigenvalue weighted by Crippen LogP contribution is -2.46. The fourth-order valence-electron chi connectivity index (χ4n) is 1.91. The number of para-hydroxylation sites is 1. The Balaban J connectivity index is 2.92. The van der Waals surface area contributed by atoms with Crippen LogP contribution in [0.15, 0.2) is 18.2 Å². The Labute approximate surface area is 126 Å². The second-order valence-electron chi connectivity index (χ2n) is 5.99. The molecule has 0 aliphatic carbocycles. The van der Waals surface area contributed by atoms with Gasteiger partial charge in [0.15, 0.2) is 17.6 Å². The van der Waals surface area contributed by atoms with Gasteiger partial charge in [-0.25, -0.2) is 0 Å². The van der Waals surface area contributed by atoms with Crippen molar-refractivity contribution in [2.24, 2.45) is 5.73 Å². The Morgan fingerprint density at radius 3 is 2.57 bits per heavy atom. The first kappa shape index (κ1) is 17.3. The van der Waals surface area contributed by atoms with Crippen molar-refractivity contribution in [3.63, 3.8) is 0 Å². The summed E-state index contributed by atoms with van der Waals surface area (Å²) in [4.78, 5) is 12.1. The molecule has 0 fully saturated rings. The molecule has 0 spiro atoms. The SMILES string of the molecule is COc1cccc(CCN)c1OC(C)C(=O)NC(C)(C)C. The molecule has 0 aliphatic rings. The fraction of sp³-hybridized carbons (Fsp3) is 0.562. The van der Waals surface area contributed by atoms with E-state index in [0.717, 1.165) is 5.56 Å². The molecule has 1 amide bonds. The quantitative estimate of drug-likeness (QED) is 0.840. The molecule has 0 heterocycles. The minimum Gasteiger partial charge on any atom is -0.493 e. The zero-order valence-electron chi connectivity index (χ0n) is 13.5. The van der Waals surface area contributed by atoms with E-state index < -0.39 is 6.10 Å². The average Bonchev–Trinajstić information content (AvgIpc) is 2.38. The van der Waals surface area contributed by atoms with Crippen molar-refractivity contribution >= 4 is 5.91 Å². The van der Waals surface area contributed by atoms with Crippen LogP contribution in [-0.2, 0) is 11.2 Å². The van der Waals surface area contributed by atoms with Crippen LogP contribution in [0, 0.1) is 0 Å². The van der Waals surface area contributed by atoms with Crippen LogP contribution in [0.2, 0.25) is 0 Å². The number of amides is 1. The van der Waals surface area contributed by atoms with Gasteiger partial charge >= 0.3 is 0 Å². The first-order valence-corrected chi connectivity index (χ1v) is 7.13. The number of hydrogen-bond acceptors (Lipinski definition) is 4. The minimum absolute atomic E-state index is 0.160. The summed E-state index contributed by atoms with van der Waals surface area (Å²) >= 11 is 0. The highest BCUT2D eigenvalue weighted by molar-refractivity contribution is 5.81. The van der Waals surface area contributed by atoms with Crippen molar-refractivity contribution in [3.05, 3.63) is 23.8 Å². The Morgan fingerprint density at radius 1 is 1.38 bits per heavy atom. The highest BCUT2D eigenvalue weighted by atomic mass is 16.5. The maximum Gasteiger partial charge on any atom is 0.261 e. The van der Waals surface area contributed by atoms with Crippen molar-refractivity contribution < 1.29 is 14.3 Å². The Kier molecular flexibility index (Phi) is 6.03. The number of ether oxygens (including phenoxy) is 2. The molecule has 0 bridgehead atoms. The van der Waals surface area contributed by atoms with Crippen molar-refractivity contribution in [1.82, 2.24) is 5.32 Å². The van der Waals surface area contributed by atoms with Crippen LogP contribution in [-0.4, -0.2) is 31.2 Å². The van der Waals surface area contributed by atoms with E-state index >= 15 is 0 Å². The summed E-state index contributed by atoms with van der Waals surface area (Å²) in [5.41, 5.74) is 6.26. The van der Waals surface area contributed by atoms with E-state index in [-0.39, 0.29) is 11.4 Å². The zero-order chi connectivity index (χ0) is 16.0. The summed E-state index contributed by atoms with van der Waals surface area (Å²) in [6, 6.07) is 5.62. The number of rotatable bonds is 6. The summed E-state index contributed by atoms with van der Waals surface area (Å²) in [5, 5.41) is 2.90. The maximum atomic E-state index is 12.1. The molecule has 0 aliphatic heterocycles. The van der Waals surface area contributed by atoms with Gasteiger partial charge in [-0.15, -0.1) is 0 Å². The fourth-order valence-corrected chi connectivity index (χ4v) is 1.91. The number of hydrogen-bond donors (Lipinski definition) is 2. The Hall–Kier alpha value is -1.75. The van der Waals surface area contributed by atoms with E-state index in [4.69, 9.17) is 15.2 Å². The van der Waals surface area contributed by atoms with Gasteiger partial charge in [0.25, 0.3) is 5.91 Å². The van der Waals surface area contributed by atoms with Gasteiger partial charge in [0.1, 0.15) is 0 Å². The number of carbonyl (C=O) groups is 1. The molecule has 118 valence electrons. The van der Waals surface area contributed by atoms with Crippen LogP contribution < -0.4 is 20.5 Å². The molecule has 0 aromatic heterocycles. The van der Waals surface area contributed by atoms with Crippen LogP contribution in [0.25, 0.3) is 0 Å². The predicted molar refractivity (Wildman–Crippen MR) is 83.7 cm³/mol. The molecule has 5 nitrogen and oxygen atoms in total. The molecule has 1 aromatic carbocycles. The molecular formula is C16H26N2O3. The molecule has 0 saturated heterocycles. The molecule has 1 rings (SSSR count). The molecule has 3 N–H and O–H groups in total. The van der Waals surface area contributed by atoms with Crippen LogP contribution >= 0.6 is 0 Å². The monoisotopic (exact) mass is 294 g/mol. The lowest BCUT2D eigenvalue weighted by molar-refractivity contribution is -0.128. The lowest BCUT2D eigenvalue weighted by atomic mass is 10.1. The van der Waals surface area contributed by atoms with Gasteiger partial charge in [-0.3, -0.25) is 4.79 Å². The highest BCUT2D eigenvalue weighted by Crippen LogP contribution is 2.32. The Bertz CT molecular complexity index is 481. The molecule has 21 heavy (non-hydrogen) atoms. The minimum atomic E-state index is -0.614. The highest BCUT2D eigenvalue weighted by Gasteiger charge is 2.22. The molecular weight excluding hydrogens is 268 g/mol. The zero-order valence-corrected chi connectivity index (χ0v) is 13.5. The van der Waals surface area contributed by atoms with Gasteiger partial charge in [-0.2, -0.15) is 0 Å². The number of nitrogens with two attached hydrogens (primary N) is 1. The van der Waals surface area contributed by atoms with E-state index in [2.05, 4.69) is 5.32 Å². The maximum absolute atomic E-state index is 12.1. The van der Waals surface area contributed by atoms with E-state index in [9.17, 15) is 4.79 Å². The summed E-state index contributed by atoms with van der Waals surface area (Å²) in [6.07, 6.45) is 0.0530. The van der Waals surface area contributed by atoms with Crippen LogP contribution in [0.5, 0.6) is 11.5 Å². The third-order valence-corrected chi connectivity index (χ3v) is 2.86. The van der Waals surface area contributed by atoms with Crippen LogP contribution in [0.3, 0.4) is 0 Å². The number of methoxy groups -OCH3 is 1. The summed E-state index contributed by atoms with van der Waals surface area (Å²) < 4.78 is 11.2. The topological polar surface area (TPSA) is 73.6 Å². The molecule has 5 heteroatoms. The van der Waals surface area contributed by atoms with Crippen molar-refractivity contribution in [1.29, 1.82) is 0 Å². The number of nitrogens with one attached hydrogen (secondary N) is 1. The van der Waals surface area contributed by atoms with E-state index in [0.29, 0.717) is 24.5 Å². The van der Waals surface area contributed by atoms with Crippen LogP contribution in [0.4, 0.5) is 0 Å². The van der Waals surface area contributed by atoms with E-state index in [1.165, 1.54) is 0 Å². The molecule has 1 atom stereocenters. The van der Waals surface area contributed by atoms with Gasteiger partial charge in [-0.1, -0.05) is 12.1 Å². The number of carbonyl (C=O) groups excluding carboxylic acids is 1. The first-order valence-electron chi connectivity index (χ1n) is 7.13. The van der Waals surface area contributed by atoms with Crippen molar-refractivity contribution in [2.45, 2.75) is 45.8 Å².